The maximum Gasteiger partial charge on any atom is 0.0621 e. The summed E-state index contributed by atoms with van der Waals surface area (Å²) in [5, 5.41) is 6.91. The van der Waals surface area contributed by atoms with Crippen molar-refractivity contribution in [3.63, 3.8) is 0 Å². The van der Waals surface area contributed by atoms with Crippen LogP contribution in [0.2, 0.25) is 6.04 Å². The van der Waals surface area contributed by atoms with Crippen LogP contribution >= 0.6 is 0 Å². The molecule has 80 valence electrons. The van der Waals surface area contributed by atoms with Gasteiger partial charge in [-0.25, -0.2) is 0 Å². The van der Waals surface area contributed by atoms with E-state index in [9.17, 15) is 0 Å². The highest BCUT2D eigenvalue weighted by molar-refractivity contribution is 6.08. The fourth-order valence-corrected chi connectivity index (χ4v) is 3.14. The van der Waals surface area contributed by atoms with Gasteiger partial charge in [-0.05, 0) is 31.8 Å². The largest absolute Gasteiger partial charge is 0.305 e. The first-order valence-electron chi connectivity index (χ1n) is 5.49. The maximum absolute atomic E-state index is 3.55. The summed E-state index contributed by atoms with van der Waals surface area (Å²) in [6, 6.07) is 1.39. The van der Waals surface area contributed by atoms with Crippen LogP contribution in [0.1, 0.15) is 33.6 Å². The Hall–Kier alpha value is 0.137. The summed E-state index contributed by atoms with van der Waals surface area (Å²) in [5.41, 5.74) is 0.381. The summed E-state index contributed by atoms with van der Waals surface area (Å²) in [4.78, 5) is 0. The summed E-state index contributed by atoms with van der Waals surface area (Å²) < 4.78 is 0. The molecular formula is C10H26N2Si. The van der Waals surface area contributed by atoms with Crippen molar-refractivity contribution in [2.24, 2.45) is 5.41 Å². The third-order valence-corrected chi connectivity index (χ3v) is 3.06. The molecule has 0 heterocycles. The highest BCUT2D eigenvalue weighted by Gasteiger charge is 2.26. The van der Waals surface area contributed by atoms with Gasteiger partial charge in [0.2, 0.25) is 0 Å². The molecule has 0 aliphatic carbocycles. The minimum absolute atomic E-state index is 0.381. The van der Waals surface area contributed by atoms with E-state index in [1.807, 2.05) is 7.05 Å². The molecule has 0 spiro atoms. The fourth-order valence-electron chi connectivity index (χ4n) is 1.85. The van der Waals surface area contributed by atoms with E-state index in [0.29, 0.717) is 11.6 Å². The van der Waals surface area contributed by atoms with E-state index in [-0.39, 0.29) is 0 Å². The molecule has 0 aromatic heterocycles. The molecule has 0 aromatic carbocycles. The Morgan fingerprint density at radius 1 is 1.38 bits per heavy atom. The molecule has 0 amide bonds. The zero-order valence-electron chi connectivity index (χ0n) is 9.91. The van der Waals surface area contributed by atoms with Gasteiger partial charge < -0.3 is 10.6 Å². The first-order valence-corrected chi connectivity index (χ1v) is 6.90. The van der Waals surface area contributed by atoms with Gasteiger partial charge in [0.1, 0.15) is 0 Å². The molecule has 0 rings (SSSR count). The number of hydrogen-bond donors (Lipinski definition) is 2. The Kier molecular flexibility index (Phi) is 6.64. The zero-order chi connectivity index (χ0) is 10.3. The van der Waals surface area contributed by atoms with Gasteiger partial charge >= 0.3 is 0 Å². The van der Waals surface area contributed by atoms with E-state index in [1.165, 1.54) is 29.1 Å². The van der Waals surface area contributed by atoms with E-state index in [2.05, 4.69) is 31.4 Å². The first kappa shape index (κ1) is 13.1. The van der Waals surface area contributed by atoms with E-state index in [4.69, 9.17) is 0 Å². The second-order valence-corrected chi connectivity index (χ2v) is 5.41. The minimum Gasteiger partial charge on any atom is -0.305 e. The topological polar surface area (TPSA) is 24.1 Å². The highest BCUT2D eigenvalue weighted by Crippen LogP contribution is 2.24. The molecule has 2 N–H and O–H groups in total. The molecule has 0 aliphatic rings. The quantitative estimate of drug-likeness (QED) is 0.470. The van der Waals surface area contributed by atoms with Gasteiger partial charge in [0, 0.05) is 10.2 Å². The minimum atomic E-state index is 0.381. The Labute approximate surface area is 86.3 Å². The van der Waals surface area contributed by atoms with Crippen molar-refractivity contribution in [3.8, 4) is 0 Å². The normalized spacial score (nSPS) is 14.8. The Morgan fingerprint density at radius 3 is 2.38 bits per heavy atom. The molecule has 3 heteroatoms. The van der Waals surface area contributed by atoms with Crippen LogP contribution in [0.25, 0.3) is 0 Å². The summed E-state index contributed by atoms with van der Waals surface area (Å²) in [6.45, 7) is 8.00. The van der Waals surface area contributed by atoms with Crippen molar-refractivity contribution < 1.29 is 0 Å². The lowest BCUT2D eigenvalue weighted by atomic mass is 9.86. The van der Waals surface area contributed by atoms with Crippen LogP contribution in [0.15, 0.2) is 0 Å². The second kappa shape index (κ2) is 6.57. The molecule has 0 aliphatic heterocycles. The lowest BCUT2D eigenvalue weighted by molar-refractivity contribution is 0.205. The van der Waals surface area contributed by atoms with Crippen molar-refractivity contribution in [2.45, 2.75) is 45.8 Å². The van der Waals surface area contributed by atoms with Gasteiger partial charge in [-0.1, -0.05) is 26.8 Å². The SMILES string of the molecule is CCCNC(NC)C(C)(C)CC[SiH3]. The van der Waals surface area contributed by atoms with E-state index in [1.54, 1.807) is 0 Å². The fraction of sp³-hybridized carbons (Fsp3) is 1.00. The van der Waals surface area contributed by atoms with Gasteiger partial charge in [0.05, 0.1) is 6.17 Å². The van der Waals surface area contributed by atoms with E-state index >= 15 is 0 Å². The molecule has 0 radical (unpaired) electrons. The predicted octanol–water partition coefficient (Wildman–Crippen LogP) is 0.731. The van der Waals surface area contributed by atoms with Gasteiger partial charge in [0.25, 0.3) is 0 Å². The predicted molar refractivity (Wildman–Crippen MR) is 64.3 cm³/mol. The second-order valence-electron chi connectivity index (χ2n) is 4.41. The van der Waals surface area contributed by atoms with Crippen LogP contribution < -0.4 is 10.6 Å². The molecule has 0 aromatic rings. The van der Waals surface area contributed by atoms with Crippen LogP contribution in [0, 0.1) is 5.41 Å². The smallest absolute Gasteiger partial charge is 0.0621 e. The third-order valence-electron chi connectivity index (χ3n) is 2.56. The Bertz CT molecular complexity index is 126. The monoisotopic (exact) mass is 202 g/mol. The zero-order valence-corrected chi connectivity index (χ0v) is 11.9. The van der Waals surface area contributed by atoms with Crippen molar-refractivity contribution in [1.82, 2.24) is 10.6 Å². The van der Waals surface area contributed by atoms with Gasteiger partial charge in [-0.3, -0.25) is 0 Å². The molecule has 0 saturated heterocycles. The molecule has 0 bridgehead atoms. The highest BCUT2D eigenvalue weighted by atomic mass is 28.1. The van der Waals surface area contributed by atoms with Gasteiger partial charge in [-0.2, -0.15) is 0 Å². The standard InChI is InChI=1S/C10H26N2Si/c1-5-7-12-9(11-4)10(2,3)6-8-13/h9,11-12H,5-8H2,1-4,13H3. The number of nitrogens with one attached hydrogen (secondary N) is 2. The van der Waals surface area contributed by atoms with E-state index < -0.39 is 0 Å². The summed E-state index contributed by atoms with van der Waals surface area (Å²) >= 11 is 0. The lowest BCUT2D eigenvalue weighted by Gasteiger charge is -2.34. The van der Waals surface area contributed by atoms with Crippen molar-refractivity contribution in [3.05, 3.63) is 0 Å². The van der Waals surface area contributed by atoms with Crippen LogP contribution in [-0.2, 0) is 0 Å². The number of hydrogen-bond acceptors (Lipinski definition) is 2. The van der Waals surface area contributed by atoms with Crippen molar-refractivity contribution in [1.29, 1.82) is 0 Å². The maximum atomic E-state index is 3.55. The lowest BCUT2D eigenvalue weighted by Crippen LogP contribution is -2.50. The van der Waals surface area contributed by atoms with Crippen LogP contribution in [-0.4, -0.2) is 30.0 Å². The van der Waals surface area contributed by atoms with Crippen molar-refractivity contribution >= 4 is 10.2 Å². The van der Waals surface area contributed by atoms with Gasteiger partial charge in [-0.15, -0.1) is 0 Å². The van der Waals surface area contributed by atoms with E-state index in [0.717, 1.165) is 6.54 Å². The molecule has 1 unspecified atom stereocenters. The van der Waals surface area contributed by atoms with Crippen LogP contribution in [0.3, 0.4) is 0 Å². The van der Waals surface area contributed by atoms with Crippen molar-refractivity contribution in [2.75, 3.05) is 13.6 Å². The summed E-state index contributed by atoms with van der Waals surface area (Å²) in [5.74, 6) is 0. The average Bonchev–Trinajstić information content (AvgIpc) is 2.05. The summed E-state index contributed by atoms with van der Waals surface area (Å²) in [7, 11) is 3.36. The molecular weight excluding hydrogens is 176 g/mol. The molecule has 0 saturated carbocycles. The summed E-state index contributed by atoms with van der Waals surface area (Å²) in [6.07, 6.45) is 2.98. The van der Waals surface area contributed by atoms with Crippen LogP contribution in [0.4, 0.5) is 0 Å². The Balaban J connectivity index is 4.02. The molecule has 1 atom stereocenters. The molecule has 13 heavy (non-hydrogen) atoms. The third kappa shape index (κ3) is 4.79. The molecule has 0 fully saturated rings. The molecule has 2 nitrogen and oxygen atoms in total. The van der Waals surface area contributed by atoms with Gasteiger partial charge in [0.15, 0.2) is 0 Å². The van der Waals surface area contributed by atoms with Crippen LogP contribution in [0.5, 0.6) is 0 Å². The average molecular weight is 202 g/mol. The first-order chi connectivity index (χ1) is 6.08. The number of rotatable bonds is 7. The Morgan fingerprint density at radius 2 is 2.00 bits per heavy atom.